The summed E-state index contributed by atoms with van der Waals surface area (Å²) in [6, 6.07) is 11.8. The first kappa shape index (κ1) is 23.6. The van der Waals surface area contributed by atoms with Gasteiger partial charge in [0.25, 0.3) is 15.9 Å². The summed E-state index contributed by atoms with van der Waals surface area (Å²) in [7, 11) is -0.926. The molecule has 0 saturated heterocycles. The summed E-state index contributed by atoms with van der Waals surface area (Å²) in [5, 5.41) is 10.3. The molecule has 3 rings (SSSR count). The van der Waals surface area contributed by atoms with E-state index in [4.69, 9.17) is 9.47 Å². The maximum Gasteiger partial charge on any atom is 0.270 e. The van der Waals surface area contributed by atoms with Crippen LogP contribution in [0.25, 0.3) is 0 Å². The van der Waals surface area contributed by atoms with Crippen LogP contribution in [0, 0.1) is 6.92 Å². The minimum absolute atomic E-state index is 0.0952. The first-order chi connectivity index (χ1) is 15.3. The first-order valence-electron chi connectivity index (χ1n) is 9.73. The molecule has 2 aromatic carbocycles. The minimum Gasteiger partial charge on any atom is -0.493 e. The first-order valence-corrected chi connectivity index (χ1v) is 12.0. The van der Waals surface area contributed by atoms with Gasteiger partial charge in [-0.2, -0.15) is 0 Å². The topological polar surface area (TPSA) is 120 Å². The molecule has 0 aliphatic heterocycles. The van der Waals surface area contributed by atoms with Gasteiger partial charge in [0.2, 0.25) is 9.47 Å². The lowest BCUT2D eigenvalue weighted by molar-refractivity contribution is 0.102. The molecule has 0 fully saturated rings. The number of aryl methyl sites for hydroxylation is 1. The molecule has 0 spiro atoms. The van der Waals surface area contributed by atoms with Gasteiger partial charge < -0.3 is 9.47 Å². The lowest BCUT2D eigenvalue weighted by atomic mass is 10.1. The molecule has 2 N–H and O–H groups in total. The number of sulfonamides is 1. The zero-order valence-electron chi connectivity index (χ0n) is 18.1. The average molecular weight is 477 g/mol. The van der Waals surface area contributed by atoms with Crippen molar-refractivity contribution in [3.8, 4) is 11.5 Å². The van der Waals surface area contributed by atoms with E-state index in [0.717, 1.165) is 16.9 Å². The second-order valence-electron chi connectivity index (χ2n) is 6.84. The van der Waals surface area contributed by atoms with Crippen molar-refractivity contribution < 1.29 is 22.7 Å². The Hall–Kier alpha value is -3.02. The number of aromatic nitrogens is 2. The molecule has 0 aliphatic carbocycles. The molecule has 0 aliphatic rings. The number of nitrogens with one attached hydrogen (secondary N) is 2. The minimum atomic E-state index is -3.97. The lowest BCUT2D eigenvalue weighted by Crippen LogP contribution is -2.28. The molecule has 0 saturated carbocycles. The number of carbonyl (C=O) groups is 1. The van der Waals surface area contributed by atoms with E-state index in [1.165, 1.54) is 14.2 Å². The summed E-state index contributed by atoms with van der Waals surface area (Å²) in [6.07, 6.45) is 0.490. The highest BCUT2D eigenvalue weighted by Crippen LogP contribution is 2.32. The van der Waals surface area contributed by atoms with Crippen LogP contribution in [0.2, 0.25) is 0 Å². The van der Waals surface area contributed by atoms with Gasteiger partial charge in [0.15, 0.2) is 11.5 Å². The fraction of sp³-hybridized carbons (Fsp3) is 0.286. The molecule has 1 heterocycles. The lowest BCUT2D eigenvalue weighted by Gasteiger charge is -2.18. The third-order valence-corrected chi connectivity index (χ3v) is 7.44. The van der Waals surface area contributed by atoms with Crippen LogP contribution < -0.4 is 19.5 Å². The summed E-state index contributed by atoms with van der Waals surface area (Å²) < 4.78 is 38.8. The zero-order valence-corrected chi connectivity index (χ0v) is 19.7. The van der Waals surface area contributed by atoms with Crippen molar-refractivity contribution in [3.05, 3.63) is 59.2 Å². The number of nitrogens with zero attached hydrogens (tertiary/aromatic N) is 2. The molecule has 11 heteroatoms. The molecule has 9 nitrogen and oxygen atoms in total. The van der Waals surface area contributed by atoms with Crippen molar-refractivity contribution in [2.45, 2.75) is 30.6 Å². The molecular weight excluding hydrogens is 452 g/mol. The number of rotatable bonds is 9. The van der Waals surface area contributed by atoms with E-state index in [1.807, 2.05) is 26.0 Å². The van der Waals surface area contributed by atoms with Crippen molar-refractivity contribution in [1.29, 1.82) is 0 Å². The number of carbonyl (C=O) groups excluding carboxylic acids is 1. The number of methoxy groups -OCH3 is 2. The number of amides is 1. The van der Waals surface area contributed by atoms with Crippen LogP contribution in [0.5, 0.6) is 11.5 Å². The highest BCUT2D eigenvalue weighted by molar-refractivity contribution is 7.91. The SMILES string of the molecule is CC[C@H](NS(=O)(=O)c1nnc(NC(=O)c2ccccc2C)s1)c1ccc(OC)c(OC)c1. The average Bonchev–Trinajstić information content (AvgIpc) is 3.26. The molecule has 0 unspecified atom stereocenters. The summed E-state index contributed by atoms with van der Waals surface area (Å²) >= 11 is 0.781. The molecule has 0 radical (unpaired) electrons. The Kier molecular flexibility index (Phi) is 7.44. The highest BCUT2D eigenvalue weighted by Gasteiger charge is 2.26. The predicted octanol–water partition coefficient (Wildman–Crippen LogP) is 3.55. The molecule has 0 bridgehead atoms. The fourth-order valence-electron chi connectivity index (χ4n) is 3.06. The van der Waals surface area contributed by atoms with Crippen LogP contribution >= 0.6 is 11.3 Å². The largest absolute Gasteiger partial charge is 0.493 e. The molecule has 170 valence electrons. The van der Waals surface area contributed by atoms with Gasteiger partial charge in [0.1, 0.15) is 0 Å². The summed E-state index contributed by atoms with van der Waals surface area (Å²) in [5.74, 6) is 0.666. The van der Waals surface area contributed by atoms with E-state index < -0.39 is 16.1 Å². The number of ether oxygens (including phenoxy) is 2. The molecule has 1 amide bonds. The second-order valence-corrected chi connectivity index (χ2v) is 9.70. The quantitative estimate of drug-likeness (QED) is 0.453. The van der Waals surface area contributed by atoms with Gasteiger partial charge >= 0.3 is 0 Å². The van der Waals surface area contributed by atoms with E-state index in [9.17, 15) is 13.2 Å². The number of hydrogen-bond acceptors (Lipinski definition) is 8. The zero-order chi connectivity index (χ0) is 23.3. The van der Waals surface area contributed by atoms with E-state index in [-0.39, 0.29) is 15.4 Å². The molecule has 1 atom stereocenters. The van der Waals surface area contributed by atoms with Gasteiger partial charge in [-0.25, -0.2) is 13.1 Å². The molecule has 1 aromatic heterocycles. The van der Waals surface area contributed by atoms with E-state index in [2.05, 4.69) is 20.2 Å². The fourth-order valence-corrected chi connectivity index (χ4v) is 5.27. The van der Waals surface area contributed by atoms with Crippen molar-refractivity contribution in [2.24, 2.45) is 0 Å². The Labute approximate surface area is 190 Å². The van der Waals surface area contributed by atoms with Gasteiger partial charge in [-0.3, -0.25) is 10.1 Å². The van der Waals surface area contributed by atoms with Gasteiger partial charge in [0, 0.05) is 11.6 Å². The van der Waals surface area contributed by atoms with E-state index in [1.54, 1.807) is 30.3 Å². The highest BCUT2D eigenvalue weighted by atomic mass is 32.2. The van der Waals surface area contributed by atoms with Crippen LogP contribution in [0.1, 0.15) is 40.9 Å². The maximum absolute atomic E-state index is 12.9. The Balaban J connectivity index is 1.77. The normalized spacial score (nSPS) is 12.2. The van der Waals surface area contributed by atoms with Gasteiger partial charge in [0.05, 0.1) is 14.2 Å². The molecule has 32 heavy (non-hydrogen) atoms. The van der Waals surface area contributed by atoms with E-state index in [0.29, 0.717) is 29.0 Å². The molecular formula is C21H24N4O5S2. The van der Waals surface area contributed by atoms with Crippen LogP contribution in [-0.4, -0.2) is 38.7 Å². The van der Waals surface area contributed by atoms with Crippen molar-refractivity contribution in [3.63, 3.8) is 0 Å². The van der Waals surface area contributed by atoms with Crippen molar-refractivity contribution in [2.75, 3.05) is 19.5 Å². The smallest absolute Gasteiger partial charge is 0.270 e. The van der Waals surface area contributed by atoms with Crippen molar-refractivity contribution in [1.82, 2.24) is 14.9 Å². The van der Waals surface area contributed by atoms with Crippen LogP contribution in [0.15, 0.2) is 46.8 Å². The van der Waals surface area contributed by atoms with Gasteiger partial charge in [-0.15, -0.1) is 10.2 Å². The Morgan fingerprint density at radius 3 is 2.47 bits per heavy atom. The summed E-state index contributed by atoms with van der Waals surface area (Å²) in [5.41, 5.74) is 1.99. The number of hydrogen-bond donors (Lipinski definition) is 2. The number of anilines is 1. The summed E-state index contributed by atoms with van der Waals surface area (Å²) in [4.78, 5) is 12.5. The van der Waals surface area contributed by atoms with Crippen molar-refractivity contribution >= 4 is 32.4 Å². The standard InChI is InChI=1S/C21H24N4O5S2/c1-5-16(14-10-11-17(29-3)18(12-14)30-4)25-32(27,28)21-24-23-20(31-21)22-19(26)15-9-7-6-8-13(15)2/h6-12,16,25H,5H2,1-4H3,(H,22,23,26)/t16-/m0/s1. The van der Waals surface area contributed by atoms with Gasteiger partial charge in [-0.05, 0) is 42.7 Å². The third kappa shape index (κ3) is 5.23. The second kappa shape index (κ2) is 10.1. The van der Waals surface area contributed by atoms with Gasteiger partial charge in [-0.1, -0.05) is 42.5 Å². The predicted molar refractivity (Wildman–Crippen MR) is 122 cm³/mol. The number of benzene rings is 2. The maximum atomic E-state index is 12.9. The Morgan fingerprint density at radius 2 is 1.81 bits per heavy atom. The Bertz CT molecular complexity index is 1210. The van der Waals surface area contributed by atoms with Crippen LogP contribution in [-0.2, 0) is 10.0 Å². The van der Waals surface area contributed by atoms with Crippen LogP contribution in [0.3, 0.4) is 0 Å². The Morgan fingerprint density at radius 1 is 1.09 bits per heavy atom. The molecule has 3 aromatic rings. The van der Waals surface area contributed by atoms with Crippen LogP contribution in [0.4, 0.5) is 5.13 Å². The van der Waals surface area contributed by atoms with E-state index >= 15 is 0 Å². The monoisotopic (exact) mass is 476 g/mol. The third-order valence-electron chi connectivity index (χ3n) is 4.76. The summed E-state index contributed by atoms with van der Waals surface area (Å²) in [6.45, 7) is 3.67.